The van der Waals surface area contributed by atoms with Crippen molar-refractivity contribution in [1.29, 1.82) is 0 Å². The number of amides is 1. The average Bonchev–Trinajstić information content (AvgIpc) is 3.09. The number of benzene rings is 1. The molecular weight excluding hydrogens is 294 g/mol. The van der Waals surface area contributed by atoms with E-state index in [1.54, 1.807) is 25.1 Å². The molecule has 3 aromatic rings. The van der Waals surface area contributed by atoms with Crippen LogP contribution in [0.1, 0.15) is 16.2 Å². The number of aromatic nitrogens is 3. The Bertz CT molecular complexity index is 959. The maximum Gasteiger partial charge on any atom is 0.315 e. The third kappa shape index (κ3) is 2.58. The molecule has 0 saturated heterocycles. The first kappa shape index (κ1) is 14.5. The normalized spacial score (nSPS) is 11.1. The lowest BCUT2D eigenvalue weighted by Gasteiger charge is -2.00. The van der Waals surface area contributed by atoms with E-state index >= 15 is 0 Å². The predicted molar refractivity (Wildman–Crippen MR) is 84.6 cm³/mol. The summed E-state index contributed by atoms with van der Waals surface area (Å²) in [5.41, 5.74) is 1.84. The van der Waals surface area contributed by atoms with Crippen molar-refractivity contribution in [2.45, 2.75) is 13.5 Å². The van der Waals surface area contributed by atoms with Crippen LogP contribution in [0, 0.1) is 19.3 Å². The minimum absolute atomic E-state index is 0.126. The summed E-state index contributed by atoms with van der Waals surface area (Å²) < 4.78 is 1.53. The van der Waals surface area contributed by atoms with Crippen molar-refractivity contribution in [3.05, 3.63) is 41.7 Å². The molecule has 7 heteroatoms. The van der Waals surface area contributed by atoms with Gasteiger partial charge in [-0.1, -0.05) is 24.1 Å². The highest BCUT2D eigenvalue weighted by Gasteiger charge is 2.16. The maximum atomic E-state index is 11.9. The predicted octanol–water partition coefficient (Wildman–Crippen LogP) is 2.94. The van der Waals surface area contributed by atoms with E-state index in [1.807, 2.05) is 12.1 Å². The van der Waals surface area contributed by atoms with Gasteiger partial charge in [-0.2, -0.15) is 5.10 Å². The number of aromatic hydroxyl groups is 1. The first-order chi connectivity index (χ1) is 11.1. The van der Waals surface area contributed by atoms with Gasteiger partial charge in [-0.3, -0.25) is 14.5 Å². The Hall–Kier alpha value is -3.40. The molecule has 0 unspecified atom stereocenters. The topological polar surface area (TPSA) is 95.6 Å². The number of nitrogens with one attached hydrogen (secondary N) is 1. The number of hydrogen-bond donors (Lipinski definition) is 2. The van der Waals surface area contributed by atoms with Gasteiger partial charge in [0.05, 0.1) is 12.1 Å². The quantitative estimate of drug-likeness (QED) is 0.575. The monoisotopic (exact) mass is 307 g/mol. The second-order valence-electron chi connectivity index (χ2n) is 4.92. The number of terminal acetylenes is 1. The van der Waals surface area contributed by atoms with Crippen molar-refractivity contribution in [2.75, 3.05) is 0 Å². The molecule has 2 heterocycles. The van der Waals surface area contributed by atoms with Crippen LogP contribution in [0.15, 0.2) is 40.6 Å². The lowest BCUT2D eigenvalue weighted by atomic mass is 10.2. The molecule has 0 fully saturated rings. The van der Waals surface area contributed by atoms with Crippen LogP contribution in [0.3, 0.4) is 0 Å². The standard InChI is InChI=1S/C16H13N5O2/c1-3-8-21-13-7-5-4-6-11(13)14(16(21)23)19-20-15(22)12-9-10(2)17-18-12/h1,4-7,9,23H,8H2,2H3,(H,17,18). The number of carbonyl (C=O) groups excluding carboxylic acids is 1. The number of H-pyrrole nitrogens is 1. The van der Waals surface area contributed by atoms with Crippen LogP contribution in [0.2, 0.25) is 0 Å². The van der Waals surface area contributed by atoms with Crippen LogP contribution in [-0.2, 0) is 6.54 Å². The molecule has 0 radical (unpaired) electrons. The number of aromatic amines is 1. The maximum absolute atomic E-state index is 11.9. The number of hydrogen-bond acceptors (Lipinski definition) is 4. The van der Waals surface area contributed by atoms with Gasteiger partial charge >= 0.3 is 5.91 Å². The molecule has 1 aromatic carbocycles. The zero-order chi connectivity index (χ0) is 16.4. The highest BCUT2D eigenvalue weighted by atomic mass is 16.3. The number of azo groups is 1. The van der Waals surface area contributed by atoms with Crippen molar-refractivity contribution in [1.82, 2.24) is 14.8 Å². The van der Waals surface area contributed by atoms with E-state index in [1.165, 1.54) is 4.57 Å². The van der Waals surface area contributed by atoms with E-state index in [2.05, 4.69) is 26.3 Å². The smallest absolute Gasteiger partial charge is 0.315 e. The van der Waals surface area contributed by atoms with Crippen LogP contribution in [0.4, 0.5) is 5.69 Å². The van der Waals surface area contributed by atoms with Gasteiger partial charge in [0.2, 0.25) is 5.88 Å². The van der Waals surface area contributed by atoms with Crippen LogP contribution in [0.25, 0.3) is 10.9 Å². The molecule has 0 aliphatic carbocycles. The Labute approximate surface area is 131 Å². The largest absolute Gasteiger partial charge is 0.493 e. The van der Waals surface area contributed by atoms with Gasteiger partial charge in [0, 0.05) is 11.1 Å². The number of rotatable bonds is 3. The Balaban J connectivity index is 2.03. The van der Waals surface area contributed by atoms with Crippen molar-refractivity contribution in [3.8, 4) is 18.2 Å². The fraction of sp³-hybridized carbons (Fsp3) is 0.125. The lowest BCUT2D eigenvalue weighted by molar-refractivity contribution is 0.0990. The Morgan fingerprint density at radius 3 is 2.96 bits per heavy atom. The average molecular weight is 307 g/mol. The summed E-state index contributed by atoms with van der Waals surface area (Å²) in [6.45, 7) is 1.97. The Morgan fingerprint density at radius 1 is 1.48 bits per heavy atom. The van der Waals surface area contributed by atoms with Gasteiger partial charge in [-0.15, -0.1) is 16.7 Å². The summed E-state index contributed by atoms with van der Waals surface area (Å²) in [7, 11) is 0. The molecule has 0 aliphatic heterocycles. The van der Waals surface area contributed by atoms with Crippen molar-refractivity contribution < 1.29 is 9.90 Å². The fourth-order valence-corrected chi connectivity index (χ4v) is 2.30. The van der Waals surface area contributed by atoms with E-state index in [0.717, 1.165) is 11.2 Å². The van der Waals surface area contributed by atoms with Crippen molar-refractivity contribution in [2.24, 2.45) is 10.2 Å². The minimum atomic E-state index is -0.595. The van der Waals surface area contributed by atoms with E-state index in [9.17, 15) is 9.90 Å². The third-order valence-electron chi connectivity index (χ3n) is 3.33. The molecule has 114 valence electrons. The van der Waals surface area contributed by atoms with Crippen molar-refractivity contribution >= 4 is 22.5 Å². The molecule has 0 aliphatic rings. The van der Waals surface area contributed by atoms with Gasteiger partial charge < -0.3 is 5.11 Å². The van der Waals surface area contributed by atoms with Crippen LogP contribution >= 0.6 is 0 Å². The second-order valence-corrected chi connectivity index (χ2v) is 4.92. The van der Waals surface area contributed by atoms with Crippen LogP contribution in [-0.4, -0.2) is 25.8 Å². The fourth-order valence-electron chi connectivity index (χ4n) is 2.30. The summed E-state index contributed by atoms with van der Waals surface area (Å²) in [6, 6.07) is 8.79. The van der Waals surface area contributed by atoms with E-state index in [4.69, 9.17) is 6.42 Å². The number of nitrogens with zero attached hydrogens (tertiary/aromatic N) is 4. The summed E-state index contributed by atoms with van der Waals surface area (Å²) in [5.74, 6) is 1.75. The highest BCUT2D eigenvalue weighted by Crippen LogP contribution is 2.38. The van der Waals surface area contributed by atoms with Crippen LogP contribution in [0.5, 0.6) is 5.88 Å². The first-order valence-corrected chi connectivity index (χ1v) is 6.83. The molecule has 0 spiro atoms. The SMILES string of the molecule is C#CCn1c(O)c(N=NC(=O)c2cc(C)[nH]n2)c2ccccc21. The molecule has 0 saturated carbocycles. The second kappa shape index (κ2) is 5.77. The molecule has 0 atom stereocenters. The van der Waals surface area contributed by atoms with Crippen LogP contribution < -0.4 is 0 Å². The summed E-state index contributed by atoms with van der Waals surface area (Å²) >= 11 is 0. The Morgan fingerprint density at radius 2 is 2.26 bits per heavy atom. The van der Waals surface area contributed by atoms with Gasteiger partial charge in [0.1, 0.15) is 0 Å². The zero-order valence-corrected chi connectivity index (χ0v) is 12.3. The number of fused-ring (bicyclic) bond motifs is 1. The molecule has 2 aromatic heterocycles. The third-order valence-corrected chi connectivity index (χ3v) is 3.33. The molecule has 1 amide bonds. The van der Waals surface area contributed by atoms with Gasteiger partial charge in [-0.25, -0.2) is 0 Å². The first-order valence-electron chi connectivity index (χ1n) is 6.83. The molecule has 2 N–H and O–H groups in total. The van der Waals surface area contributed by atoms with Gasteiger partial charge in [-0.05, 0) is 19.1 Å². The van der Waals surface area contributed by atoms with Crippen molar-refractivity contribution in [3.63, 3.8) is 0 Å². The van der Waals surface area contributed by atoms with Gasteiger partial charge in [0.25, 0.3) is 0 Å². The van der Waals surface area contributed by atoms with E-state index in [0.29, 0.717) is 5.39 Å². The molecule has 0 bridgehead atoms. The molecule has 3 rings (SSSR count). The Kier molecular flexibility index (Phi) is 3.65. The summed E-state index contributed by atoms with van der Waals surface area (Å²) in [4.78, 5) is 11.9. The number of carbonyl (C=O) groups is 1. The van der Waals surface area contributed by atoms with E-state index in [-0.39, 0.29) is 23.8 Å². The number of para-hydroxylation sites is 1. The minimum Gasteiger partial charge on any atom is -0.493 e. The lowest BCUT2D eigenvalue weighted by Crippen LogP contribution is -1.94. The molecule has 7 nitrogen and oxygen atoms in total. The molecule has 23 heavy (non-hydrogen) atoms. The number of aryl methyl sites for hydroxylation is 1. The summed E-state index contributed by atoms with van der Waals surface area (Å²) in [6.07, 6.45) is 5.33. The van der Waals surface area contributed by atoms with Gasteiger partial charge in [0.15, 0.2) is 11.4 Å². The highest BCUT2D eigenvalue weighted by molar-refractivity contribution is 5.96. The summed E-state index contributed by atoms with van der Waals surface area (Å²) in [5, 5.41) is 25.0. The zero-order valence-electron chi connectivity index (χ0n) is 12.3. The van der Waals surface area contributed by atoms with E-state index < -0.39 is 5.91 Å². The molecular formula is C16H13N5O2.